The van der Waals surface area contributed by atoms with Crippen LogP contribution in [0.2, 0.25) is 0 Å². The number of rotatable bonds is 5. The van der Waals surface area contributed by atoms with E-state index >= 15 is 0 Å². The molecule has 1 aromatic carbocycles. The molecule has 3 rings (SSSR count). The molecule has 2 aromatic heterocycles. The number of H-pyrrole nitrogens is 1. The van der Waals surface area contributed by atoms with Crippen LogP contribution in [0, 0.1) is 0 Å². The Balaban J connectivity index is 2.11. The predicted octanol–water partition coefficient (Wildman–Crippen LogP) is 4.51. The number of carboxylic acids is 1. The summed E-state index contributed by atoms with van der Waals surface area (Å²) in [7, 11) is 0. The Hall–Kier alpha value is -2.53. The Morgan fingerprint density at radius 2 is 1.93 bits per heavy atom. The summed E-state index contributed by atoms with van der Waals surface area (Å²) in [6.07, 6.45) is -4.44. The van der Waals surface area contributed by atoms with Crippen molar-refractivity contribution in [3.8, 4) is 16.4 Å². The Labute approximate surface area is 165 Å². The highest BCUT2D eigenvalue weighted by Crippen LogP contribution is 2.40. The number of hydrogen-bond donors (Lipinski definition) is 2. The third kappa shape index (κ3) is 4.14. The Morgan fingerprint density at radius 1 is 1.29 bits per heavy atom. The number of carbonyl (C=O) groups is 1. The molecule has 0 spiro atoms. The van der Waals surface area contributed by atoms with Gasteiger partial charge in [0.15, 0.2) is 5.69 Å². The zero-order valence-corrected chi connectivity index (χ0v) is 16.2. The number of aromatic carboxylic acids is 1. The van der Waals surface area contributed by atoms with E-state index in [0.29, 0.717) is 15.5 Å². The molecule has 3 aromatic rings. The predicted molar refractivity (Wildman–Crippen MR) is 100 cm³/mol. The molecule has 0 saturated carbocycles. The number of aromatic nitrogens is 3. The van der Waals surface area contributed by atoms with Crippen molar-refractivity contribution in [2.24, 2.45) is 0 Å². The third-order valence-corrected chi connectivity index (χ3v) is 5.81. The van der Waals surface area contributed by atoms with Crippen molar-refractivity contribution < 1.29 is 23.1 Å². The summed E-state index contributed by atoms with van der Waals surface area (Å²) in [5, 5.41) is 12.0. The molecular formula is C17H14F3N3O3S2. The van der Waals surface area contributed by atoms with Gasteiger partial charge >= 0.3 is 12.1 Å². The summed E-state index contributed by atoms with van der Waals surface area (Å²) in [5.74, 6) is -1.30. The first-order valence-electron chi connectivity index (χ1n) is 7.97. The quantitative estimate of drug-likeness (QED) is 0.583. The van der Waals surface area contributed by atoms with Crippen molar-refractivity contribution in [3.63, 3.8) is 0 Å². The number of nitrogens with one attached hydrogen (secondary N) is 1. The van der Waals surface area contributed by atoms with E-state index in [1.54, 1.807) is 0 Å². The van der Waals surface area contributed by atoms with Gasteiger partial charge in [-0.1, -0.05) is 37.3 Å². The summed E-state index contributed by atoms with van der Waals surface area (Å²) in [5.41, 5.74) is -0.753. The Morgan fingerprint density at radius 3 is 2.46 bits per heavy atom. The zero-order chi connectivity index (χ0) is 20.6. The maximum atomic E-state index is 12.8. The van der Waals surface area contributed by atoms with E-state index < -0.39 is 23.3 Å². The van der Waals surface area contributed by atoms with Gasteiger partial charge in [0.05, 0.1) is 15.5 Å². The number of carboxylic acid groups (broad SMARTS) is 1. The van der Waals surface area contributed by atoms with E-state index in [-0.39, 0.29) is 16.1 Å². The summed E-state index contributed by atoms with van der Waals surface area (Å²) < 4.78 is 40.2. The van der Waals surface area contributed by atoms with Gasteiger partial charge in [-0.25, -0.2) is 14.5 Å². The highest BCUT2D eigenvalue weighted by Gasteiger charge is 2.30. The molecule has 0 aliphatic heterocycles. The molecule has 0 amide bonds. The van der Waals surface area contributed by atoms with Crippen LogP contribution in [0.4, 0.5) is 13.2 Å². The van der Waals surface area contributed by atoms with E-state index in [4.69, 9.17) is 0 Å². The topological polar surface area (TPSA) is 88.0 Å². The van der Waals surface area contributed by atoms with Crippen molar-refractivity contribution in [2.75, 3.05) is 0 Å². The number of halogens is 3. The van der Waals surface area contributed by atoms with E-state index in [9.17, 15) is 27.9 Å². The highest BCUT2D eigenvalue weighted by molar-refractivity contribution is 8.01. The first-order chi connectivity index (χ1) is 13.1. The summed E-state index contributed by atoms with van der Waals surface area (Å²) in [4.78, 5) is 27.3. The molecule has 0 radical (unpaired) electrons. The van der Waals surface area contributed by atoms with Crippen LogP contribution in [0.1, 0.15) is 29.9 Å². The normalized spacial score (nSPS) is 11.9. The monoisotopic (exact) mass is 429 g/mol. The van der Waals surface area contributed by atoms with Crippen LogP contribution in [0.15, 0.2) is 39.3 Å². The lowest BCUT2D eigenvalue weighted by atomic mass is 10.1. The molecule has 0 atom stereocenters. The average molecular weight is 429 g/mol. The second-order valence-corrected chi connectivity index (χ2v) is 8.84. The van der Waals surface area contributed by atoms with Gasteiger partial charge in [-0.15, -0.1) is 11.8 Å². The molecule has 2 N–H and O–H groups in total. The standard InChI is InChI=1S/C17H14F3N3O3S2/c1-8(2)27-15-13(9-3-5-10(6-4-9)17(18,19)20)21-16(28-15)23-11(14(25)26)7-12(24)22-23/h3-8H,1-2H3,(H,22,24)(H,25,26). The van der Waals surface area contributed by atoms with Crippen LogP contribution >= 0.6 is 23.1 Å². The molecule has 0 aliphatic rings. The fraction of sp³-hybridized carbons (Fsp3) is 0.235. The Bertz CT molecular complexity index is 1070. The largest absolute Gasteiger partial charge is 0.477 e. The Kier molecular flexibility index (Phi) is 5.39. The van der Waals surface area contributed by atoms with Crippen LogP contribution < -0.4 is 5.56 Å². The van der Waals surface area contributed by atoms with Crippen molar-refractivity contribution in [3.05, 3.63) is 51.9 Å². The van der Waals surface area contributed by atoms with E-state index in [0.717, 1.165) is 34.2 Å². The zero-order valence-electron chi connectivity index (χ0n) is 14.6. The summed E-state index contributed by atoms with van der Waals surface area (Å²) >= 11 is 2.60. The molecule has 0 aliphatic carbocycles. The second-order valence-electron chi connectivity index (χ2n) is 6.02. The lowest BCUT2D eigenvalue weighted by Crippen LogP contribution is -2.08. The molecule has 0 unspecified atom stereocenters. The van der Waals surface area contributed by atoms with Crippen LogP contribution in [0.3, 0.4) is 0 Å². The fourth-order valence-electron chi connectivity index (χ4n) is 2.38. The third-order valence-electron chi connectivity index (χ3n) is 3.55. The van der Waals surface area contributed by atoms with Crippen LogP contribution in [0.25, 0.3) is 16.4 Å². The van der Waals surface area contributed by atoms with Gasteiger partial charge in [0, 0.05) is 16.9 Å². The van der Waals surface area contributed by atoms with E-state index in [2.05, 4.69) is 10.1 Å². The molecule has 148 valence electrons. The van der Waals surface area contributed by atoms with Crippen molar-refractivity contribution >= 4 is 29.1 Å². The van der Waals surface area contributed by atoms with Gasteiger partial charge < -0.3 is 5.11 Å². The molecule has 6 nitrogen and oxygen atoms in total. The smallest absolute Gasteiger partial charge is 0.416 e. The molecule has 28 heavy (non-hydrogen) atoms. The van der Waals surface area contributed by atoms with Crippen molar-refractivity contribution in [1.82, 2.24) is 14.8 Å². The minimum atomic E-state index is -4.44. The number of aromatic amines is 1. The second kappa shape index (κ2) is 7.47. The maximum Gasteiger partial charge on any atom is 0.416 e. The average Bonchev–Trinajstić information content (AvgIpc) is 3.17. The van der Waals surface area contributed by atoms with Crippen LogP contribution in [0.5, 0.6) is 0 Å². The lowest BCUT2D eigenvalue weighted by Gasteiger charge is -2.08. The number of thioether (sulfide) groups is 1. The molecular weight excluding hydrogens is 415 g/mol. The molecule has 0 saturated heterocycles. The van der Waals surface area contributed by atoms with Gasteiger partial charge in [-0.05, 0) is 12.1 Å². The molecule has 2 heterocycles. The van der Waals surface area contributed by atoms with Crippen molar-refractivity contribution in [1.29, 1.82) is 0 Å². The first-order valence-corrected chi connectivity index (χ1v) is 9.66. The van der Waals surface area contributed by atoms with Crippen molar-refractivity contribution in [2.45, 2.75) is 29.5 Å². The first kappa shape index (κ1) is 20.2. The molecule has 0 fully saturated rings. The molecule has 0 bridgehead atoms. The fourth-order valence-corrected chi connectivity index (χ4v) is 4.88. The van der Waals surface area contributed by atoms with E-state index in [1.165, 1.54) is 23.9 Å². The van der Waals surface area contributed by atoms with E-state index in [1.807, 2.05) is 13.8 Å². The number of thiazole rings is 1. The highest BCUT2D eigenvalue weighted by atomic mass is 32.2. The number of benzene rings is 1. The SMILES string of the molecule is CC(C)Sc1sc(-n2[nH]c(=O)cc2C(=O)O)nc1-c1ccc(C(F)(F)F)cc1. The summed E-state index contributed by atoms with van der Waals surface area (Å²) in [6.45, 7) is 3.89. The summed E-state index contributed by atoms with van der Waals surface area (Å²) in [6, 6.07) is 5.53. The number of alkyl halides is 3. The number of nitrogens with zero attached hydrogens (tertiary/aromatic N) is 2. The number of hydrogen-bond acceptors (Lipinski definition) is 5. The van der Waals surface area contributed by atoms with Gasteiger partial charge in [-0.2, -0.15) is 13.2 Å². The van der Waals surface area contributed by atoms with Gasteiger partial charge in [0.1, 0.15) is 0 Å². The van der Waals surface area contributed by atoms with Crippen LogP contribution in [-0.4, -0.2) is 31.1 Å². The minimum Gasteiger partial charge on any atom is -0.477 e. The maximum absolute atomic E-state index is 12.8. The van der Waals surface area contributed by atoms with Gasteiger partial charge in [0.2, 0.25) is 5.13 Å². The van der Waals surface area contributed by atoms with Gasteiger partial charge in [0.25, 0.3) is 5.56 Å². The minimum absolute atomic E-state index is 0.157. The van der Waals surface area contributed by atoms with Gasteiger partial charge in [-0.3, -0.25) is 9.89 Å². The molecule has 11 heteroatoms. The lowest BCUT2D eigenvalue weighted by molar-refractivity contribution is -0.137. The van der Waals surface area contributed by atoms with Crippen LogP contribution in [-0.2, 0) is 6.18 Å².